The normalized spacial score (nSPS) is 11.0. The zero-order valence-electron chi connectivity index (χ0n) is 14.8. The Morgan fingerprint density at radius 1 is 1.15 bits per heavy atom. The lowest BCUT2D eigenvalue weighted by Gasteiger charge is -2.05. The van der Waals surface area contributed by atoms with Gasteiger partial charge in [-0.25, -0.2) is 0 Å². The van der Waals surface area contributed by atoms with E-state index in [2.05, 4.69) is 25.7 Å². The van der Waals surface area contributed by atoms with Crippen molar-refractivity contribution in [2.75, 3.05) is 0 Å². The number of amides is 1. The molecule has 3 heterocycles. The summed E-state index contributed by atoms with van der Waals surface area (Å²) in [6, 6.07) is 13.6. The molecule has 0 saturated carbocycles. The molecule has 1 aromatic carbocycles. The highest BCUT2D eigenvalue weighted by atomic mass is 16.5. The van der Waals surface area contributed by atoms with Crippen LogP contribution in [0.15, 0.2) is 53.2 Å². The first kappa shape index (κ1) is 16.9. The minimum atomic E-state index is -0.0284. The van der Waals surface area contributed by atoms with Crippen LogP contribution in [0.2, 0.25) is 0 Å². The molecule has 1 amide bonds. The average molecular weight is 362 g/mol. The first-order chi connectivity index (χ1) is 13.2. The van der Waals surface area contributed by atoms with Crippen LogP contribution in [0.3, 0.4) is 0 Å². The van der Waals surface area contributed by atoms with Gasteiger partial charge in [-0.3, -0.25) is 9.20 Å². The average Bonchev–Trinajstić information content (AvgIpc) is 3.31. The lowest BCUT2D eigenvalue weighted by atomic mass is 10.1. The Morgan fingerprint density at radius 3 is 2.78 bits per heavy atom. The molecule has 4 aromatic rings. The van der Waals surface area contributed by atoms with Crippen LogP contribution >= 0.6 is 0 Å². The molecule has 0 aliphatic heterocycles. The number of aryl methyl sites for hydroxylation is 2. The van der Waals surface area contributed by atoms with Gasteiger partial charge in [0.15, 0.2) is 17.3 Å². The van der Waals surface area contributed by atoms with E-state index < -0.39 is 0 Å². The van der Waals surface area contributed by atoms with Crippen molar-refractivity contribution in [2.45, 2.75) is 26.3 Å². The number of benzene rings is 1. The van der Waals surface area contributed by atoms with Crippen LogP contribution in [-0.2, 0) is 17.8 Å². The van der Waals surface area contributed by atoms with Gasteiger partial charge in [-0.1, -0.05) is 35.5 Å². The summed E-state index contributed by atoms with van der Waals surface area (Å²) in [7, 11) is 0. The van der Waals surface area contributed by atoms with Crippen LogP contribution in [0.5, 0.6) is 0 Å². The van der Waals surface area contributed by atoms with Gasteiger partial charge in [0.25, 0.3) is 5.89 Å². The van der Waals surface area contributed by atoms with Crippen molar-refractivity contribution in [3.05, 3.63) is 65.9 Å². The van der Waals surface area contributed by atoms with Gasteiger partial charge in [0.2, 0.25) is 5.91 Å². The highest BCUT2D eigenvalue weighted by molar-refractivity contribution is 5.76. The number of carbonyl (C=O) groups excluding carboxylic acids is 1. The Balaban J connectivity index is 1.44. The maximum Gasteiger partial charge on any atom is 0.261 e. The Morgan fingerprint density at radius 2 is 2.00 bits per heavy atom. The number of hydrogen-bond donors (Lipinski definition) is 1. The molecular formula is C19H18N6O2. The summed E-state index contributed by atoms with van der Waals surface area (Å²) in [5.74, 6) is 1.55. The zero-order chi connectivity index (χ0) is 18.6. The number of pyridine rings is 1. The largest absolute Gasteiger partial charge is 0.349 e. The van der Waals surface area contributed by atoms with E-state index in [1.165, 1.54) is 0 Å². The van der Waals surface area contributed by atoms with Crippen LogP contribution in [0.25, 0.3) is 17.1 Å². The molecule has 3 aromatic heterocycles. The summed E-state index contributed by atoms with van der Waals surface area (Å²) in [6.07, 6.45) is 2.97. The second-order valence-corrected chi connectivity index (χ2v) is 6.14. The first-order valence-corrected chi connectivity index (χ1v) is 8.64. The first-order valence-electron chi connectivity index (χ1n) is 8.64. The van der Waals surface area contributed by atoms with Crippen molar-refractivity contribution in [1.29, 1.82) is 0 Å². The van der Waals surface area contributed by atoms with Crippen molar-refractivity contribution >= 4 is 11.6 Å². The van der Waals surface area contributed by atoms with Gasteiger partial charge in [-0.2, -0.15) is 4.98 Å². The minimum Gasteiger partial charge on any atom is -0.349 e. The highest BCUT2D eigenvalue weighted by Gasteiger charge is 2.15. The van der Waals surface area contributed by atoms with Gasteiger partial charge >= 0.3 is 0 Å². The van der Waals surface area contributed by atoms with E-state index in [1.807, 2.05) is 53.1 Å². The highest BCUT2D eigenvalue weighted by Crippen LogP contribution is 2.22. The number of aromatic nitrogens is 5. The third-order valence-corrected chi connectivity index (χ3v) is 4.19. The Hall–Kier alpha value is -3.55. The van der Waals surface area contributed by atoms with E-state index in [0.717, 1.165) is 5.56 Å². The smallest absolute Gasteiger partial charge is 0.261 e. The van der Waals surface area contributed by atoms with E-state index >= 15 is 0 Å². The fourth-order valence-electron chi connectivity index (χ4n) is 2.83. The van der Waals surface area contributed by atoms with Crippen molar-refractivity contribution in [3.63, 3.8) is 0 Å². The van der Waals surface area contributed by atoms with Gasteiger partial charge in [-0.05, 0) is 31.0 Å². The second-order valence-electron chi connectivity index (χ2n) is 6.14. The molecule has 0 bridgehead atoms. The molecule has 0 unspecified atom stereocenters. The SMILES string of the molecule is Cc1noc(-c2cccn3c(CNC(=O)CCc4ccccc4)nnc23)n1. The van der Waals surface area contributed by atoms with Crippen LogP contribution in [0.4, 0.5) is 0 Å². The summed E-state index contributed by atoms with van der Waals surface area (Å²) in [4.78, 5) is 16.4. The van der Waals surface area contributed by atoms with E-state index in [1.54, 1.807) is 6.92 Å². The van der Waals surface area contributed by atoms with Crippen molar-refractivity contribution < 1.29 is 9.32 Å². The number of nitrogens with one attached hydrogen (secondary N) is 1. The molecular weight excluding hydrogens is 344 g/mol. The lowest BCUT2D eigenvalue weighted by molar-refractivity contribution is -0.121. The molecule has 136 valence electrons. The standard InChI is InChI=1S/C19H18N6O2/c1-13-21-19(27-24-13)15-8-5-11-25-16(22-23-18(15)25)12-20-17(26)10-9-14-6-3-2-4-7-14/h2-8,11H,9-10,12H2,1H3,(H,20,26). The van der Waals surface area contributed by atoms with Crippen LogP contribution in [0, 0.1) is 6.92 Å². The number of nitrogens with zero attached hydrogens (tertiary/aromatic N) is 5. The molecule has 0 saturated heterocycles. The molecule has 27 heavy (non-hydrogen) atoms. The number of fused-ring (bicyclic) bond motifs is 1. The summed E-state index contributed by atoms with van der Waals surface area (Å²) in [5.41, 5.74) is 2.45. The maximum absolute atomic E-state index is 12.1. The van der Waals surface area contributed by atoms with Crippen LogP contribution < -0.4 is 5.32 Å². The molecule has 8 heteroatoms. The molecule has 1 N–H and O–H groups in total. The molecule has 0 fully saturated rings. The Labute approximate surface area is 155 Å². The molecule has 0 aliphatic rings. The van der Waals surface area contributed by atoms with Gasteiger partial charge in [-0.15, -0.1) is 10.2 Å². The second kappa shape index (κ2) is 7.36. The molecule has 0 radical (unpaired) electrons. The van der Waals surface area contributed by atoms with Crippen LogP contribution in [-0.4, -0.2) is 30.6 Å². The van der Waals surface area contributed by atoms with Crippen molar-refractivity contribution in [1.82, 2.24) is 30.1 Å². The third kappa shape index (κ3) is 3.69. The molecule has 4 rings (SSSR count). The molecule has 0 spiro atoms. The predicted octanol–water partition coefficient (Wildman–Crippen LogP) is 2.34. The molecule has 0 aliphatic carbocycles. The summed E-state index contributed by atoms with van der Waals surface area (Å²) >= 11 is 0. The van der Waals surface area contributed by atoms with E-state index in [9.17, 15) is 4.79 Å². The summed E-state index contributed by atoms with van der Waals surface area (Å²) in [5, 5.41) is 15.1. The van der Waals surface area contributed by atoms with Gasteiger partial charge in [0, 0.05) is 12.6 Å². The summed E-state index contributed by atoms with van der Waals surface area (Å²) < 4.78 is 7.04. The number of carbonyl (C=O) groups is 1. The zero-order valence-corrected chi connectivity index (χ0v) is 14.8. The monoisotopic (exact) mass is 362 g/mol. The number of hydrogen-bond acceptors (Lipinski definition) is 6. The van der Waals surface area contributed by atoms with Gasteiger partial charge in [0.1, 0.15) is 0 Å². The minimum absolute atomic E-state index is 0.0284. The summed E-state index contributed by atoms with van der Waals surface area (Å²) in [6.45, 7) is 2.05. The topological polar surface area (TPSA) is 98.2 Å². The van der Waals surface area contributed by atoms with Crippen molar-refractivity contribution in [2.24, 2.45) is 0 Å². The van der Waals surface area contributed by atoms with E-state index in [-0.39, 0.29) is 5.91 Å². The fourth-order valence-corrected chi connectivity index (χ4v) is 2.83. The molecule has 8 nitrogen and oxygen atoms in total. The van der Waals surface area contributed by atoms with Crippen LogP contribution in [0.1, 0.15) is 23.6 Å². The predicted molar refractivity (Wildman–Crippen MR) is 97.6 cm³/mol. The lowest BCUT2D eigenvalue weighted by Crippen LogP contribution is -2.24. The quantitative estimate of drug-likeness (QED) is 0.565. The third-order valence-electron chi connectivity index (χ3n) is 4.19. The Bertz CT molecular complexity index is 1070. The van der Waals surface area contributed by atoms with Gasteiger partial charge in [0.05, 0.1) is 12.1 Å². The molecule has 0 atom stereocenters. The number of rotatable bonds is 6. The van der Waals surface area contributed by atoms with Crippen molar-refractivity contribution in [3.8, 4) is 11.5 Å². The van der Waals surface area contributed by atoms with Gasteiger partial charge < -0.3 is 9.84 Å². The van der Waals surface area contributed by atoms with E-state index in [4.69, 9.17) is 4.52 Å². The maximum atomic E-state index is 12.1. The van der Waals surface area contributed by atoms with E-state index in [0.29, 0.717) is 48.1 Å². The fraction of sp³-hybridized carbons (Fsp3) is 0.211. The Kier molecular flexibility index (Phi) is 4.61.